The third kappa shape index (κ3) is 3.95. The number of carbonyl (C=O) groups excluding carboxylic acids is 1. The Labute approximate surface area is 176 Å². The van der Waals surface area contributed by atoms with Crippen LogP contribution in [0.5, 0.6) is 11.5 Å². The lowest BCUT2D eigenvalue weighted by atomic mass is 9.77. The zero-order valence-corrected chi connectivity index (χ0v) is 17.2. The molecule has 2 aliphatic rings. The van der Waals surface area contributed by atoms with Crippen LogP contribution in [-0.4, -0.2) is 55.6 Å². The molecule has 0 aromatic heterocycles. The number of hydrogen-bond donors (Lipinski definition) is 1. The molecule has 0 aliphatic carbocycles. The largest absolute Gasteiger partial charge is 0.493 e. The number of carbonyl (C=O) groups is 1. The second-order valence-corrected chi connectivity index (χ2v) is 7.80. The topological polar surface area (TPSA) is 77.5 Å². The fourth-order valence-electron chi connectivity index (χ4n) is 4.43. The summed E-state index contributed by atoms with van der Waals surface area (Å²) in [6.07, 6.45) is 0.352. The van der Waals surface area contributed by atoms with E-state index in [1.165, 1.54) is 0 Å². The number of fused-ring (bicyclic) bond motifs is 2. The van der Waals surface area contributed by atoms with Crippen molar-refractivity contribution in [2.45, 2.75) is 37.1 Å². The van der Waals surface area contributed by atoms with Gasteiger partial charge in [-0.1, -0.05) is 36.4 Å². The molecule has 0 spiro atoms. The summed E-state index contributed by atoms with van der Waals surface area (Å²) < 4.78 is 21.9. The van der Waals surface area contributed by atoms with Crippen LogP contribution in [0.25, 0.3) is 0 Å². The van der Waals surface area contributed by atoms with Gasteiger partial charge in [-0.3, -0.25) is 4.90 Å². The van der Waals surface area contributed by atoms with Crippen LogP contribution in [0.15, 0.2) is 48.5 Å². The summed E-state index contributed by atoms with van der Waals surface area (Å²) >= 11 is 0. The summed E-state index contributed by atoms with van der Waals surface area (Å²) in [5.74, 6) is 1.17. The van der Waals surface area contributed by atoms with E-state index >= 15 is 0 Å². The van der Waals surface area contributed by atoms with Gasteiger partial charge in [-0.05, 0) is 23.3 Å². The van der Waals surface area contributed by atoms with Crippen molar-refractivity contribution < 1.29 is 28.8 Å². The van der Waals surface area contributed by atoms with E-state index in [9.17, 15) is 9.90 Å². The van der Waals surface area contributed by atoms with Gasteiger partial charge in [0, 0.05) is 12.8 Å². The predicted molar refractivity (Wildman–Crippen MR) is 110 cm³/mol. The molecule has 160 valence electrons. The number of piperidine rings is 1. The Morgan fingerprint density at radius 1 is 1.07 bits per heavy atom. The van der Waals surface area contributed by atoms with Crippen molar-refractivity contribution in [3.05, 3.63) is 59.7 Å². The molecule has 2 aromatic rings. The van der Waals surface area contributed by atoms with Crippen LogP contribution < -0.4 is 9.47 Å². The molecular formula is C23H27NO6. The molecule has 7 heteroatoms. The van der Waals surface area contributed by atoms with Crippen molar-refractivity contribution in [2.75, 3.05) is 27.4 Å². The first-order valence-corrected chi connectivity index (χ1v) is 10.1. The maximum atomic E-state index is 12.8. The van der Waals surface area contributed by atoms with Crippen LogP contribution >= 0.6 is 0 Å². The standard InChI is InChI=1S/C23H27NO6/c1-27-20-9-8-17(10-21(20)28-2)23(26)11-18-14-29-15-19(12-23)24(18)22(25)30-13-16-6-4-3-5-7-16/h3-10,18-19,26H,11-15H2,1-2H3. The number of nitrogens with zero attached hydrogens (tertiary/aromatic N) is 1. The molecule has 30 heavy (non-hydrogen) atoms. The second-order valence-electron chi connectivity index (χ2n) is 7.80. The Bertz CT molecular complexity index is 873. The van der Waals surface area contributed by atoms with Gasteiger partial charge in [0.15, 0.2) is 11.5 Å². The minimum absolute atomic E-state index is 0.219. The highest BCUT2D eigenvalue weighted by Crippen LogP contribution is 2.43. The monoisotopic (exact) mass is 413 g/mol. The van der Waals surface area contributed by atoms with Crippen molar-refractivity contribution >= 4 is 6.09 Å². The van der Waals surface area contributed by atoms with Crippen LogP contribution in [0.1, 0.15) is 24.0 Å². The van der Waals surface area contributed by atoms with Crippen LogP contribution in [0.2, 0.25) is 0 Å². The lowest BCUT2D eigenvalue weighted by Gasteiger charge is -2.51. The fourth-order valence-corrected chi connectivity index (χ4v) is 4.43. The minimum atomic E-state index is -1.09. The third-order valence-electron chi connectivity index (χ3n) is 5.89. The summed E-state index contributed by atoms with van der Waals surface area (Å²) in [7, 11) is 3.15. The van der Waals surface area contributed by atoms with E-state index in [2.05, 4.69) is 0 Å². The number of benzene rings is 2. The maximum Gasteiger partial charge on any atom is 0.410 e. The van der Waals surface area contributed by atoms with Gasteiger partial charge in [0.05, 0.1) is 45.1 Å². The molecule has 2 bridgehead atoms. The highest BCUT2D eigenvalue weighted by molar-refractivity contribution is 5.69. The predicted octanol–water partition coefficient (Wildman–Crippen LogP) is 3.09. The Balaban J connectivity index is 1.51. The lowest BCUT2D eigenvalue weighted by Crippen LogP contribution is -2.62. The highest BCUT2D eigenvalue weighted by Gasteiger charge is 2.49. The van der Waals surface area contributed by atoms with Gasteiger partial charge in [-0.15, -0.1) is 0 Å². The minimum Gasteiger partial charge on any atom is -0.493 e. The van der Waals surface area contributed by atoms with E-state index in [1.54, 1.807) is 31.3 Å². The summed E-state index contributed by atoms with van der Waals surface area (Å²) in [6, 6.07) is 14.5. The molecular weight excluding hydrogens is 386 g/mol. The van der Waals surface area contributed by atoms with Crippen LogP contribution in [0.3, 0.4) is 0 Å². The number of aliphatic hydroxyl groups is 1. The molecule has 2 heterocycles. The van der Waals surface area contributed by atoms with Gasteiger partial charge in [0.1, 0.15) is 6.61 Å². The van der Waals surface area contributed by atoms with Crippen molar-refractivity contribution in [3.63, 3.8) is 0 Å². The molecule has 1 N–H and O–H groups in total. The fraction of sp³-hybridized carbons (Fsp3) is 0.435. The Morgan fingerprint density at radius 2 is 1.73 bits per heavy atom. The van der Waals surface area contributed by atoms with Crippen molar-refractivity contribution in [2.24, 2.45) is 0 Å². The van der Waals surface area contributed by atoms with E-state index in [0.717, 1.165) is 11.1 Å². The number of methoxy groups -OCH3 is 2. The first-order chi connectivity index (χ1) is 14.5. The smallest absolute Gasteiger partial charge is 0.410 e. The average molecular weight is 413 g/mol. The normalized spacial score (nSPS) is 25.5. The maximum absolute atomic E-state index is 12.8. The van der Waals surface area contributed by atoms with Gasteiger partial charge >= 0.3 is 6.09 Å². The molecule has 2 unspecified atom stereocenters. The van der Waals surface area contributed by atoms with Crippen LogP contribution in [0, 0.1) is 0 Å². The number of rotatable bonds is 5. The number of ether oxygens (including phenoxy) is 4. The van der Waals surface area contributed by atoms with Gasteiger partial charge in [-0.25, -0.2) is 4.79 Å². The average Bonchev–Trinajstić information content (AvgIpc) is 2.77. The van der Waals surface area contributed by atoms with Crippen LogP contribution in [0.4, 0.5) is 4.79 Å². The molecule has 7 nitrogen and oxygen atoms in total. The third-order valence-corrected chi connectivity index (χ3v) is 5.89. The zero-order chi connectivity index (χ0) is 21.1. The SMILES string of the molecule is COc1ccc(C2(O)CC3COCC(C2)N3C(=O)OCc2ccccc2)cc1OC. The van der Waals surface area contributed by atoms with Crippen molar-refractivity contribution in [1.82, 2.24) is 4.90 Å². The first kappa shape index (κ1) is 20.5. The summed E-state index contributed by atoms with van der Waals surface area (Å²) in [5.41, 5.74) is 0.593. The molecule has 0 radical (unpaired) electrons. The molecule has 0 saturated carbocycles. The summed E-state index contributed by atoms with van der Waals surface area (Å²) in [4.78, 5) is 14.6. The van der Waals surface area contributed by atoms with Crippen molar-refractivity contribution in [3.8, 4) is 11.5 Å². The Kier molecular flexibility index (Phi) is 5.83. The number of morpholine rings is 1. The molecule has 2 atom stereocenters. The molecule has 1 amide bonds. The molecule has 2 saturated heterocycles. The summed E-state index contributed by atoms with van der Waals surface area (Å²) in [6.45, 7) is 0.954. The number of amides is 1. The molecule has 2 aliphatic heterocycles. The van der Waals surface area contributed by atoms with E-state index in [4.69, 9.17) is 18.9 Å². The highest BCUT2D eigenvalue weighted by atomic mass is 16.6. The number of hydrogen-bond acceptors (Lipinski definition) is 6. The van der Waals surface area contributed by atoms with E-state index in [1.807, 2.05) is 36.4 Å². The van der Waals surface area contributed by atoms with Crippen LogP contribution in [-0.2, 0) is 21.7 Å². The van der Waals surface area contributed by atoms with Gasteiger partial charge in [-0.2, -0.15) is 0 Å². The van der Waals surface area contributed by atoms with E-state index in [0.29, 0.717) is 37.6 Å². The second kappa shape index (κ2) is 8.53. The van der Waals surface area contributed by atoms with Gasteiger partial charge in [0.2, 0.25) is 0 Å². The van der Waals surface area contributed by atoms with E-state index < -0.39 is 5.60 Å². The molecule has 2 fully saturated rings. The first-order valence-electron chi connectivity index (χ1n) is 10.1. The Hall–Kier alpha value is -2.77. The van der Waals surface area contributed by atoms with Gasteiger partial charge in [0.25, 0.3) is 0 Å². The molecule has 2 aromatic carbocycles. The van der Waals surface area contributed by atoms with Crippen molar-refractivity contribution in [1.29, 1.82) is 0 Å². The molecule has 4 rings (SSSR count). The lowest BCUT2D eigenvalue weighted by molar-refractivity contribution is -0.137. The zero-order valence-electron chi connectivity index (χ0n) is 17.2. The van der Waals surface area contributed by atoms with E-state index in [-0.39, 0.29) is 24.8 Å². The Morgan fingerprint density at radius 3 is 2.37 bits per heavy atom. The quantitative estimate of drug-likeness (QED) is 0.812. The van der Waals surface area contributed by atoms with Gasteiger partial charge < -0.3 is 24.1 Å². The summed E-state index contributed by atoms with van der Waals surface area (Å²) in [5, 5.41) is 11.5.